The number of aliphatic hydroxyl groups is 2. The van der Waals surface area contributed by atoms with Gasteiger partial charge in [-0.2, -0.15) is 0 Å². The minimum absolute atomic E-state index is 0.00138. The molecule has 0 spiro atoms. The van der Waals surface area contributed by atoms with E-state index in [1.54, 1.807) is 6.07 Å². The van der Waals surface area contributed by atoms with Gasteiger partial charge in [0, 0.05) is 36.9 Å². The van der Waals surface area contributed by atoms with Gasteiger partial charge in [0.15, 0.2) is 5.82 Å². The number of nitrogens with zero attached hydrogens (tertiary/aromatic N) is 5. The number of phenols is 1. The fraction of sp³-hybridized carbons (Fsp3) is 0.452. The van der Waals surface area contributed by atoms with Gasteiger partial charge < -0.3 is 20.2 Å². The van der Waals surface area contributed by atoms with Crippen molar-refractivity contribution in [2.75, 3.05) is 32.9 Å². The summed E-state index contributed by atoms with van der Waals surface area (Å²) in [5.74, 6) is -0.331. The van der Waals surface area contributed by atoms with Crippen molar-refractivity contribution in [3.8, 4) is 17.0 Å². The van der Waals surface area contributed by atoms with Crippen LogP contribution in [0.2, 0.25) is 0 Å². The van der Waals surface area contributed by atoms with Crippen molar-refractivity contribution in [3.63, 3.8) is 0 Å². The summed E-state index contributed by atoms with van der Waals surface area (Å²) in [4.78, 5) is 16.6. The zero-order chi connectivity index (χ0) is 29.1. The predicted molar refractivity (Wildman–Crippen MR) is 157 cm³/mol. The molecule has 0 saturated carbocycles. The summed E-state index contributed by atoms with van der Waals surface area (Å²) in [6, 6.07) is 10.4. The van der Waals surface area contributed by atoms with Gasteiger partial charge in [0.05, 0.1) is 11.7 Å². The summed E-state index contributed by atoms with van der Waals surface area (Å²) in [5, 5.41) is 30.9. The Morgan fingerprint density at radius 2 is 1.95 bits per heavy atom. The summed E-state index contributed by atoms with van der Waals surface area (Å²) < 4.78 is 28.5. The second-order valence-electron chi connectivity index (χ2n) is 11.2. The van der Waals surface area contributed by atoms with Gasteiger partial charge in [0.25, 0.3) is 0 Å². The number of fused-ring (bicyclic) bond motifs is 2. The molecule has 2 aromatic carbocycles. The molecule has 3 aromatic rings. The van der Waals surface area contributed by atoms with E-state index in [4.69, 9.17) is 0 Å². The van der Waals surface area contributed by atoms with E-state index in [2.05, 4.69) is 33.5 Å². The lowest BCUT2D eigenvalue weighted by molar-refractivity contribution is 0.109. The summed E-state index contributed by atoms with van der Waals surface area (Å²) in [6.07, 6.45) is 4.85. The number of halogens is 2. The number of phenolic OH excluding ortho intramolecular Hbond substituents is 1. The third-order valence-corrected chi connectivity index (χ3v) is 8.47. The second-order valence-corrected chi connectivity index (χ2v) is 11.2. The molecule has 3 aliphatic rings. The first-order valence-corrected chi connectivity index (χ1v) is 14.1. The lowest BCUT2D eigenvalue weighted by atomic mass is 9.97. The van der Waals surface area contributed by atoms with Crippen LogP contribution < -0.4 is 0 Å². The Morgan fingerprint density at radius 3 is 2.66 bits per heavy atom. The molecular formula is C31H37F2N5O3. The van der Waals surface area contributed by atoms with Gasteiger partial charge in [-0.1, -0.05) is 24.3 Å². The Bertz CT molecular complexity index is 1440. The molecule has 2 atom stereocenters. The summed E-state index contributed by atoms with van der Waals surface area (Å²) >= 11 is 0. The van der Waals surface area contributed by atoms with E-state index in [0.29, 0.717) is 49.4 Å². The first kappa shape index (κ1) is 29.0. The summed E-state index contributed by atoms with van der Waals surface area (Å²) in [7, 11) is 0. The molecule has 0 bridgehead atoms. The minimum atomic E-state index is -0.689. The molecule has 8 nitrogen and oxygen atoms in total. The average molecular weight is 566 g/mol. The van der Waals surface area contributed by atoms with Gasteiger partial charge in [-0.05, 0) is 75.2 Å². The molecule has 10 heteroatoms. The average Bonchev–Trinajstić information content (AvgIpc) is 3.44. The van der Waals surface area contributed by atoms with Crippen LogP contribution in [0.5, 0.6) is 5.75 Å². The number of pyridine rings is 1. The Morgan fingerprint density at radius 1 is 1.20 bits per heavy atom. The summed E-state index contributed by atoms with van der Waals surface area (Å²) in [6.45, 7) is 8.07. The minimum Gasteiger partial charge on any atom is -0.508 e. The molecule has 1 unspecified atom stereocenters. The van der Waals surface area contributed by atoms with Crippen LogP contribution in [0.4, 0.5) is 14.5 Å². The molecule has 41 heavy (non-hydrogen) atoms. The third-order valence-electron chi connectivity index (χ3n) is 8.47. The number of alkyl halides is 1. The molecule has 1 aromatic heterocycles. The Balaban J connectivity index is 0.000000282. The number of aliphatic hydroxyl groups excluding tert-OH is 2. The maximum absolute atomic E-state index is 15.7. The van der Waals surface area contributed by atoms with Crippen molar-refractivity contribution in [1.29, 1.82) is 0 Å². The van der Waals surface area contributed by atoms with Gasteiger partial charge in [-0.15, -0.1) is 0 Å². The Hall–Kier alpha value is -3.47. The van der Waals surface area contributed by atoms with E-state index in [1.165, 1.54) is 25.1 Å². The number of benzene rings is 2. The van der Waals surface area contributed by atoms with Crippen molar-refractivity contribution < 1.29 is 24.1 Å². The third kappa shape index (κ3) is 5.95. The lowest BCUT2D eigenvalue weighted by Crippen LogP contribution is -2.40. The molecule has 3 N–H and O–H groups in total. The Kier molecular flexibility index (Phi) is 8.63. The zero-order valence-corrected chi connectivity index (χ0v) is 23.3. The number of aromatic nitrogens is 1. The quantitative estimate of drug-likeness (QED) is 0.310. The van der Waals surface area contributed by atoms with E-state index in [1.807, 2.05) is 29.2 Å². The van der Waals surface area contributed by atoms with Crippen LogP contribution in [-0.2, 0) is 0 Å². The van der Waals surface area contributed by atoms with Gasteiger partial charge in [-0.3, -0.25) is 14.9 Å². The van der Waals surface area contributed by atoms with Gasteiger partial charge in [-0.25, -0.2) is 13.8 Å². The Labute approximate surface area is 238 Å². The highest BCUT2D eigenvalue weighted by Crippen LogP contribution is 2.39. The first-order valence-electron chi connectivity index (χ1n) is 14.1. The first-order chi connectivity index (χ1) is 19.7. The molecule has 0 aliphatic carbocycles. The van der Waals surface area contributed by atoms with Crippen LogP contribution >= 0.6 is 0 Å². The number of aromatic hydroxyl groups is 1. The largest absolute Gasteiger partial charge is 0.508 e. The van der Waals surface area contributed by atoms with Gasteiger partial charge in [0.1, 0.15) is 35.9 Å². The van der Waals surface area contributed by atoms with Crippen LogP contribution in [0.3, 0.4) is 0 Å². The number of piperidine rings is 1. The fourth-order valence-corrected chi connectivity index (χ4v) is 6.38. The predicted octanol–water partition coefficient (Wildman–Crippen LogP) is 4.81. The molecule has 218 valence electrons. The fourth-order valence-electron chi connectivity index (χ4n) is 6.38. The molecule has 3 fully saturated rings. The van der Waals surface area contributed by atoms with E-state index in [-0.39, 0.29) is 28.8 Å². The highest BCUT2D eigenvalue weighted by molar-refractivity contribution is 6.04. The van der Waals surface area contributed by atoms with Gasteiger partial charge >= 0.3 is 0 Å². The van der Waals surface area contributed by atoms with Crippen LogP contribution in [0, 0.1) is 5.82 Å². The van der Waals surface area contributed by atoms with Crippen LogP contribution in [0.1, 0.15) is 44.6 Å². The number of likely N-dealkylation sites (tertiary alicyclic amines) is 1. The number of amidine groups is 1. The van der Waals surface area contributed by atoms with Crippen LogP contribution in [0.25, 0.3) is 22.0 Å². The molecule has 0 radical (unpaired) electrons. The monoisotopic (exact) mass is 565 g/mol. The molecule has 0 amide bonds. The van der Waals surface area contributed by atoms with Crippen molar-refractivity contribution >= 4 is 29.0 Å². The van der Waals surface area contributed by atoms with Crippen molar-refractivity contribution in [1.82, 2.24) is 14.8 Å². The topological polar surface area (TPSA) is 105 Å². The van der Waals surface area contributed by atoms with E-state index in [9.17, 15) is 19.7 Å². The molecule has 3 saturated heterocycles. The highest BCUT2D eigenvalue weighted by Gasteiger charge is 2.44. The molecule has 4 heterocycles. The molecule has 6 rings (SSSR count). The SMILES string of the molecule is C=Nc1c(/C(=N\CO)N2CCC(O)CC2)cnc(-c2cc(O)cc3ccccc23)c1F.C[C@@]12CCCN1CC(F)C2. The van der Waals surface area contributed by atoms with E-state index in [0.717, 1.165) is 23.7 Å². The number of hydrogen-bond acceptors (Lipinski definition) is 7. The zero-order valence-electron chi connectivity index (χ0n) is 23.3. The van der Waals surface area contributed by atoms with Crippen molar-refractivity contribution in [3.05, 3.63) is 54.0 Å². The van der Waals surface area contributed by atoms with Crippen LogP contribution in [-0.4, -0.2) is 93.4 Å². The lowest BCUT2D eigenvalue weighted by Gasteiger charge is -2.32. The van der Waals surface area contributed by atoms with Crippen LogP contribution in [0.15, 0.2) is 52.6 Å². The van der Waals surface area contributed by atoms with E-state index >= 15 is 4.39 Å². The highest BCUT2D eigenvalue weighted by atomic mass is 19.1. The molecule has 3 aliphatic heterocycles. The maximum atomic E-state index is 15.7. The number of aliphatic imine (C=N–C) groups is 2. The van der Waals surface area contributed by atoms with Crippen molar-refractivity contribution in [2.24, 2.45) is 9.98 Å². The normalized spacial score (nSPS) is 23.4. The second kappa shape index (κ2) is 12.2. The maximum Gasteiger partial charge on any atom is 0.175 e. The van der Waals surface area contributed by atoms with Gasteiger partial charge in [0.2, 0.25) is 0 Å². The summed E-state index contributed by atoms with van der Waals surface area (Å²) in [5.41, 5.74) is 0.989. The standard InChI is InChI=1S/C23H23FN4O3.C8H14FN/c1-25-21-19(23(27-13-29)28-8-6-15(30)7-9-28)12-26-22(20(21)24)18-11-16(31)10-14-4-2-3-5-17(14)18;1-8-3-2-4-10(8)6-7(9)5-8/h2-5,10-12,15,29-31H,1,6-9,13H2;7H,2-6H2,1H3/b27-23+;/t;7?,8-/m.0/s1. The van der Waals surface area contributed by atoms with Crippen molar-refractivity contribution in [2.45, 2.75) is 56.8 Å². The smallest absolute Gasteiger partial charge is 0.175 e. The number of rotatable bonds is 4. The number of hydrogen-bond donors (Lipinski definition) is 3. The molecular weight excluding hydrogens is 528 g/mol. The van der Waals surface area contributed by atoms with E-state index < -0.39 is 18.7 Å².